The zero-order chi connectivity index (χ0) is 30.8. The van der Waals surface area contributed by atoms with E-state index in [1.54, 1.807) is 18.3 Å². The number of fused-ring (bicyclic) bond motifs is 1. The molecule has 1 aromatic carbocycles. The third-order valence-electron chi connectivity index (χ3n) is 6.17. The molecule has 0 saturated carbocycles. The number of nitrogen functional groups attached to an aromatic ring is 1. The second kappa shape index (κ2) is 27.5. The highest BCUT2D eigenvalue weighted by Crippen LogP contribution is 2.29. The Hall–Kier alpha value is -1.64. The van der Waals surface area contributed by atoms with Gasteiger partial charge in [-0.05, 0) is 55.3 Å². The highest BCUT2D eigenvalue weighted by molar-refractivity contribution is 7.08. The number of carbonyl (C=O) groups is 1. The van der Waals surface area contributed by atoms with Gasteiger partial charge in [0.25, 0.3) is 0 Å². The predicted octanol–water partition coefficient (Wildman–Crippen LogP) is 9.90. The molecular formula is C32H59ClN4O2S. The number of halogens is 1. The maximum Gasteiger partial charge on any atom is 0.129 e. The van der Waals surface area contributed by atoms with E-state index in [9.17, 15) is 4.79 Å². The van der Waals surface area contributed by atoms with Crippen molar-refractivity contribution in [3.8, 4) is 0 Å². The van der Waals surface area contributed by atoms with Crippen LogP contribution in [0, 0.1) is 13.8 Å². The molecule has 5 N–H and O–H groups in total. The molecular weight excluding hydrogens is 540 g/mol. The third-order valence-corrected chi connectivity index (χ3v) is 7.26. The summed E-state index contributed by atoms with van der Waals surface area (Å²) in [5.41, 5.74) is 13.6. The van der Waals surface area contributed by atoms with Crippen LogP contribution in [-0.2, 0) is 16.2 Å². The summed E-state index contributed by atoms with van der Waals surface area (Å²) in [6.45, 7) is 17.3. The van der Waals surface area contributed by atoms with E-state index < -0.39 is 0 Å². The first kappa shape index (κ1) is 40.5. The lowest BCUT2D eigenvalue weighted by Gasteiger charge is -2.15. The van der Waals surface area contributed by atoms with Gasteiger partial charge in [-0.3, -0.25) is 5.01 Å². The van der Waals surface area contributed by atoms with Crippen LogP contribution in [0.5, 0.6) is 0 Å². The first-order chi connectivity index (χ1) is 19.1. The number of hydrazine groups is 1. The van der Waals surface area contributed by atoms with Crippen LogP contribution in [0.3, 0.4) is 0 Å². The van der Waals surface area contributed by atoms with Gasteiger partial charge in [0.05, 0.1) is 16.4 Å². The van der Waals surface area contributed by atoms with Gasteiger partial charge in [-0.2, -0.15) is 10.8 Å². The average molecular weight is 599 g/mol. The first-order valence-corrected chi connectivity index (χ1v) is 16.4. The van der Waals surface area contributed by atoms with Crippen LogP contribution in [0.25, 0.3) is 0 Å². The van der Waals surface area contributed by atoms with Gasteiger partial charge in [-0.25, -0.2) is 0 Å². The molecule has 232 valence electrons. The number of Topliss-reactive ketones (excluding diaryl/α,β-unsaturated/α-hetero) is 1. The van der Waals surface area contributed by atoms with E-state index in [0.29, 0.717) is 17.1 Å². The number of ketones is 1. The molecule has 40 heavy (non-hydrogen) atoms. The monoisotopic (exact) mass is 598 g/mol. The van der Waals surface area contributed by atoms with E-state index in [4.69, 9.17) is 23.2 Å². The third kappa shape index (κ3) is 21.2. The summed E-state index contributed by atoms with van der Waals surface area (Å²) in [5, 5.41) is 6.77. The standard InChI is InChI=1S/C9H20.C8H10ClN.C6H9N3OS.C5H12.C4H8O/c1-3-5-7-9-8-6-4-2;1-5-3-6(2)8(10)7(9)4-5;7-10-8-9-2-1-5-3-11-4-6(5)9;1-3-5-4-2;1-3-4(2)5/h3-9H2,1-2H3;3-4H,10H2,1-2H3;3-4,8H,1-2,7H2;3-5H2,1-2H3;3H2,1-2H3. The van der Waals surface area contributed by atoms with Crippen molar-refractivity contribution in [2.24, 2.45) is 5.90 Å². The summed E-state index contributed by atoms with van der Waals surface area (Å²) in [7, 11) is 0. The van der Waals surface area contributed by atoms with Crippen molar-refractivity contribution in [1.82, 2.24) is 5.59 Å². The van der Waals surface area contributed by atoms with Gasteiger partial charge < -0.3 is 10.5 Å². The van der Waals surface area contributed by atoms with Crippen molar-refractivity contribution in [2.75, 3.05) is 17.3 Å². The number of carbonyl (C=O) groups excluding carboxylic acids is 1. The fourth-order valence-corrected chi connectivity index (χ4v) is 4.76. The zero-order valence-corrected chi connectivity index (χ0v) is 28.3. The topological polar surface area (TPSA) is 93.6 Å². The summed E-state index contributed by atoms with van der Waals surface area (Å²) in [6.07, 6.45) is 15.8. The van der Waals surface area contributed by atoms with E-state index in [2.05, 4.69) is 49.0 Å². The average Bonchev–Trinajstić information content (AvgIpc) is 3.55. The zero-order valence-electron chi connectivity index (χ0n) is 26.7. The van der Waals surface area contributed by atoms with Gasteiger partial charge in [0.15, 0.2) is 0 Å². The minimum absolute atomic E-state index is 0.255. The van der Waals surface area contributed by atoms with E-state index in [-0.39, 0.29) is 5.78 Å². The lowest BCUT2D eigenvalue weighted by atomic mass is 10.1. The normalized spacial score (nSPS) is 11.0. The van der Waals surface area contributed by atoms with Gasteiger partial charge in [0.1, 0.15) is 5.78 Å². The number of benzene rings is 1. The minimum atomic E-state index is 0.255. The van der Waals surface area contributed by atoms with Crippen molar-refractivity contribution in [2.45, 2.75) is 132 Å². The van der Waals surface area contributed by atoms with Crippen molar-refractivity contribution in [1.29, 1.82) is 0 Å². The smallest absolute Gasteiger partial charge is 0.129 e. The second-order valence-corrected chi connectivity index (χ2v) is 11.2. The highest BCUT2D eigenvalue weighted by atomic mass is 35.5. The first-order valence-electron chi connectivity index (χ1n) is 15.1. The number of unbranched alkanes of at least 4 members (excludes halogenated alkanes) is 8. The van der Waals surface area contributed by atoms with Gasteiger partial charge in [0.2, 0.25) is 0 Å². The van der Waals surface area contributed by atoms with Crippen LogP contribution in [0.15, 0.2) is 22.9 Å². The predicted molar refractivity (Wildman–Crippen MR) is 179 cm³/mol. The molecule has 0 saturated heterocycles. The van der Waals surface area contributed by atoms with Crippen LogP contribution < -0.4 is 22.2 Å². The molecule has 1 aliphatic rings. The van der Waals surface area contributed by atoms with Gasteiger partial charge in [0, 0.05) is 18.3 Å². The summed E-state index contributed by atoms with van der Waals surface area (Å²) in [4.78, 5) is 14.1. The molecule has 0 atom stereocenters. The van der Waals surface area contributed by atoms with Gasteiger partial charge >= 0.3 is 0 Å². The number of rotatable bonds is 11. The molecule has 0 unspecified atom stereocenters. The van der Waals surface area contributed by atoms with E-state index in [1.807, 2.05) is 37.9 Å². The molecule has 2 aromatic rings. The number of aryl methyl sites for hydroxylation is 2. The Kier molecular flexibility index (Phi) is 27.9. The number of nitrogens with one attached hydrogen (secondary N) is 1. The molecule has 2 heterocycles. The Morgan fingerprint density at radius 3 is 1.90 bits per heavy atom. The Labute approximate surface area is 255 Å². The Balaban J connectivity index is 0. The second-order valence-electron chi connectivity index (χ2n) is 10.0. The fraction of sp³-hybridized carbons (Fsp3) is 0.656. The molecule has 0 aliphatic carbocycles. The minimum Gasteiger partial charge on any atom is -0.397 e. The lowest BCUT2D eigenvalue weighted by Crippen LogP contribution is -2.38. The molecule has 1 aliphatic heterocycles. The Bertz CT molecular complexity index is 845. The molecule has 8 heteroatoms. The summed E-state index contributed by atoms with van der Waals surface area (Å²) in [6, 6.07) is 3.88. The van der Waals surface area contributed by atoms with E-state index >= 15 is 0 Å². The molecule has 1 aromatic heterocycles. The molecule has 6 nitrogen and oxygen atoms in total. The SMILES string of the molecule is CCC(C)=O.CCCCC.CCCCCCCCC.Cc1cc(C)c(N)c(Cl)c1.NONN1CCc2cscc21. The summed E-state index contributed by atoms with van der Waals surface area (Å²) in [5.74, 6) is 5.14. The molecule has 0 spiro atoms. The number of thiophene rings is 1. The highest BCUT2D eigenvalue weighted by Gasteiger charge is 2.19. The summed E-state index contributed by atoms with van der Waals surface area (Å²) >= 11 is 7.49. The van der Waals surface area contributed by atoms with Gasteiger partial charge in [-0.15, -0.1) is 11.3 Å². The number of nitrogens with two attached hydrogens (primary N) is 2. The number of hydrogen-bond acceptors (Lipinski definition) is 7. The van der Waals surface area contributed by atoms with Crippen LogP contribution >= 0.6 is 22.9 Å². The number of nitrogens with zero attached hydrogens (tertiary/aromatic N) is 1. The fourth-order valence-electron chi connectivity index (χ4n) is 3.56. The van der Waals surface area contributed by atoms with Crippen molar-refractivity contribution < 1.29 is 9.73 Å². The number of anilines is 2. The summed E-state index contributed by atoms with van der Waals surface area (Å²) < 4.78 is 0. The molecule has 0 fully saturated rings. The van der Waals surface area contributed by atoms with Crippen molar-refractivity contribution in [3.05, 3.63) is 44.6 Å². The molecule has 0 radical (unpaired) electrons. The van der Waals surface area contributed by atoms with Crippen molar-refractivity contribution in [3.63, 3.8) is 0 Å². The Morgan fingerprint density at radius 1 is 0.950 bits per heavy atom. The molecule has 3 rings (SSSR count). The maximum absolute atomic E-state index is 9.81. The van der Waals surface area contributed by atoms with Crippen LogP contribution in [0.2, 0.25) is 5.02 Å². The Morgan fingerprint density at radius 2 is 1.48 bits per heavy atom. The molecule has 0 amide bonds. The van der Waals surface area contributed by atoms with Crippen LogP contribution in [0.1, 0.15) is 129 Å². The quantitative estimate of drug-likeness (QED) is 0.135. The number of hydrogen-bond donors (Lipinski definition) is 3. The molecule has 0 bridgehead atoms. The van der Waals surface area contributed by atoms with E-state index in [0.717, 1.165) is 24.1 Å². The van der Waals surface area contributed by atoms with Crippen molar-refractivity contribution >= 4 is 40.1 Å². The van der Waals surface area contributed by atoms with Crippen LogP contribution in [0.4, 0.5) is 11.4 Å². The van der Waals surface area contributed by atoms with E-state index in [1.165, 1.54) is 75.5 Å². The largest absolute Gasteiger partial charge is 0.397 e. The van der Waals surface area contributed by atoms with Gasteiger partial charge in [-0.1, -0.05) is 122 Å². The maximum atomic E-state index is 9.81. The van der Waals surface area contributed by atoms with Crippen LogP contribution in [-0.4, -0.2) is 12.3 Å². The lowest BCUT2D eigenvalue weighted by molar-refractivity contribution is -0.116.